The molecule has 1 atom stereocenters. The molecular weight excluding hydrogens is 288 g/mol. The average Bonchev–Trinajstić information content (AvgIpc) is 3.09. The lowest BCUT2D eigenvalue weighted by molar-refractivity contribution is 0.0940. The van der Waals surface area contributed by atoms with E-state index in [-0.39, 0.29) is 11.9 Å². The monoisotopic (exact) mass is 306 g/mol. The Morgan fingerprint density at radius 1 is 1.13 bits per heavy atom. The van der Waals surface area contributed by atoms with Crippen LogP contribution in [0.25, 0.3) is 0 Å². The summed E-state index contributed by atoms with van der Waals surface area (Å²) in [6.07, 6.45) is 7.11. The molecular formula is C18H18N4O. The maximum atomic E-state index is 12.3. The van der Waals surface area contributed by atoms with Crippen LogP contribution in [0.15, 0.2) is 67.3 Å². The first-order valence-corrected chi connectivity index (χ1v) is 7.49. The molecule has 1 N–H and O–H groups in total. The van der Waals surface area contributed by atoms with E-state index in [1.165, 1.54) is 0 Å². The van der Waals surface area contributed by atoms with Crippen LogP contribution < -0.4 is 5.32 Å². The number of pyridine rings is 1. The molecule has 0 aliphatic rings. The Kier molecular flexibility index (Phi) is 4.47. The van der Waals surface area contributed by atoms with Gasteiger partial charge in [0.25, 0.3) is 5.91 Å². The molecule has 23 heavy (non-hydrogen) atoms. The van der Waals surface area contributed by atoms with Crippen molar-refractivity contribution in [1.82, 2.24) is 20.1 Å². The molecule has 0 fully saturated rings. The number of hydrogen-bond donors (Lipinski definition) is 1. The summed E-state index contributed by atoms with van der Waals surface area (Å²) in [6, 6.07) is 13.2. The van der Waals surface area contributed by atoms with Gasteiger partial charge in [0.05, 0.1) is 12.6 Å². The van der Waals surface area contributed by atoms with E-state index in [1.54, 1.807) is 18.6 Å². The van der Waals surface area contributed by atoms with E-state index >= 15 is 0 Å². The molecule has 0 radical (unpaired) electrons. The Morgan fingerprint density at radius 3 is 2.52 bits per heavy atom. The molecule has 1 unspecified atom stereocenters. The Morgan fingerprint density at radius 2 is 1.87 bits per heavy atom. The largest absolute Gasteiger partial charge is 0.346 e. The van der Waals surface area contributed by atoms with Gasteiger partial charge in [-0.15, -0.1) is 0 Å². The van der Waals surface area contributed by atoms with Crippen LogP contribution in [0.5, 0.6) is 0 Å². The number of benzene rings is 1. The lowest BCUT2D eigenvalue weighted by Gasteiger charge is -2.14. The van der Waals surface area contributed by atoms with Gasteiger partial charge in [0.15, 0.2) is 0 Å². The first-order chi connectivity index (χ1) is 11.2. The van der Waals surface area contributed by atoms with Crippen molar-refractivity contribution in [2.75, 3.05) is 0 Å². The smallest absolute Gasteiger partial charge is 0.251 e. The number of rotatable bonds is 5. The molecule has 5 heteroatoms. The molecule has 5 nitrogen and oxygen atoms in total. The van der Waals surface area contributed by atoms with Gasteiger partial charge in [-0.1, -0.05) is 12.1 Å². The highest BCUT2D eigenvalue weighted by Crippen LogP contribution is 2.12. The van der Waals surface area contributed by atoms with E-state index in [0.29, 0.717) is 12.1 Å². The summed E-state index contributed by atoms with van der Waals surface area (Å²) in [4.78, 5) is 16.3. The maximum absolute atomic E-state index is 12.3. The van der Waals surface area contributed by atoms with Crippen LogP contribution in [-0.4, -0.2) is 20.7 Å². The van der Waals surface area contributed by atoms with Gasteiger partial charge < -0.3 is 5.32 Å². The van der Waals surface area contributed by atoms with Crippen LogP contribution in [0.2, 0.25) is 0 Å². The van der Waals surface area contributed by atoms with E-state index in [1.807, 2.05) is 60.3 Å². The summed E-state index contributed by atoms with van der Waals surface area (Å²) in [5.41, 5.74) is 2.78. The maximum Gasteiger partial charge on any atom is 0.251 e. The van der Waals surface area contributed by atoms with Crippen molar-refractivity contribution in [2.45, 2.75) is 19.5 Å². The van der Waals surface area contributed by atoms with Crippen LogP contribution in [0.4, 0.5) is 0 Å². The third kappa shape index (κ3) is 3.83. The average molecular weight is 306 g/mol. The van der Waals surface area contributed by atoms with Crippen LogP contribution in [0, 0.1) is 0 Å². The van der Waals surface area contributed by atoms with Crippen molar-refractivity contribution < 1.29 is 4.79 Å². The Bertz CT molecular complexity index is 751. The van der Waals surface area contributed by atoms with Crippen molar-refractivity contribution in [2.24, 2.45) is 0 Å². The molecule has 2 aromatic heterocycles. The molecule has 0 bridgehead atoms. The number of aromatic nitrogens is 3. The summed E-state index contributed by atoms with van der Waals surface area (Å²) in [6.45, 7) is 2.65. The summed E-state index contributed by atoms with van der Waals surface area (Å²) in [7, 11) is 0. The number of carbonyl (C=O) groups excluding carboxylic acids is 1. The van der Waals surface area contributed by atoms with Gasteiger partial charge in [-0.3, -0.25) is 14.5 Å². The molecule has 0 saturated carbocycles. The third-order valence-corrected chi connectivity index (χ3v) is 3.67. The normalized spacial score (nSPS) is 11.9. The zero-order valence-corrected chi connectivity index (χ0v) is 12.9. The highest BCUT2D eigenvalue weighted by molar-refractivity contribution is 5.94. The molecule has 116 valence electrons. The van der Waals surface area contributed by atoms with Gasteiger partial charge in [0.1, 0.15) is 0 Å². The van der Waals surface area contributed by atoms with Crippen molar-refractivity contribution in [1.29, 1.82) is 0 Å². The van der Waals surface area contributed by atoms with Gasteiger partial charge in [0.2, 0.25) is 0 Å². The second kappa shape index (κ2) is 6.87. The second-order valence-corrected chi connectivity index (χ2v) is 5.38. The van der Waals surface area contributed by atoms with Crippen LogP contribution in [-0.2, 0) is 6.54 Å². The predicted octanol–water partition coefficient (Wildman–Crippen LogP) is 2.82. The number of hydrogen-bond acceptors (Lipinski definition) is 3. The summed E-state index contributed by atoms with van der Waals surface area (Å²) < 4.78 is 1.85. The number of amides is 1. The van der Waals surface area contributed by atoms with Gasteiger partial charge >= 0.3 is 0 Å². The fourth-order valence-electron chi connectivity index (χ4n) is 2.36. The van der Waals surface area contributed by atoms with Gasteiger partial charge in [0, 0.05) is 30.4 Å². The first-order valence-electron chi connectivity index (χ1n) is 7.49. The van der Waals surface area contributed by atoms with E-state index in [9.17, 15) is 4.79 Å². The van der Waals surface area contributed by atoms with E-state index in [0.717, 1.165) is 11.1 Å². The van der Waals surface area contributed by atoms with E-state index in [4.69, 9.17) is 0 Å². The minimum Gasteiger partial charge on any atom is -0.346 e. The molecule has 0 spiro atoms. The highest BCUT2D eigenvalue weighted by Gasteiger charge is 2.11. The van der Waals surface area contributed by atoms with Crippen molar-refractivity contribution in [3.05, 3.63) is 83.9 Å². The minimum atomic E-state index is -0.0834. The number of carbonyl (C=O) groups is 1. The summed E-state index contributed by atoms with van der Waals surface area (Å²) >= 11 is 0. The summed E-state index contributed by atoms with van der Waals surface area (Å²) in [5, 5.41) is 7.17. The van der Waals surface area contributed by atoms with Gasteiger partial charge in [-0.25, -0.2) is 0 Å². The minimum absolute atomic E-state index is 0.0609. The highest BCUT2D eigenvalue weighted by atomic mass is 16.1. The molecule has 2 heterocycles. The Hall–Kier alpha value is -2.95. The molecule has 3 aromatic rings. The summed E-state index contributed by atoms with van der Waals surface area (Å²) in [5.74, 6) is -0.0834. The van der Waals surface area contributed by atoms with Crippen LogP contribution >= 0.6 is 0 Å². The van der Waals surface area contributed by atoms with Crippen LogP contribution in [0.1, 0.15) is 34.5 Å². The van der Waals surface area contributed by atoms with Crippen molar-refractivity contribution in [3.63, 3.8) is 0 Å². The molecule has 0 aliphatic heterocycles. The van der Waals surface area contributed by atoms with Gasteiger partial charge in [-0.2, -0.15) is 5.10 Å². The molecule has 0 saturated heterocycles. The Balaban J connectivity index is 1.63. The van der Waals surface area contributed by atoms with Crippen molar-refractivity contribution in [3.8, 4) is 0 Å². The molecule has 0 aliphatic carbocycles. The van der Waals surface area contributed by atoms with E-state index in [2.05, 4.69) is 15.4 Å². The Labute approximate surface area is 135 Å². The van der Waals surface area contributed by atoms with Gasteiger partial charge in [-0.05, 0) is 48.4 Å². The molecule has 1 aromatic carbocycles. The lowest BCUT2D eigenvalue weighted by Crippen LogP contribution is -2.26. The quantitative estimate of drug-likeness (QED) is 0.788. The van der Waals surface area contributed by atoms with E-state index < -0.39 is 0 Å². The SMILES string of the molecule is CC(NC(=O)c1ccc(Cn2cccn2)cc1)c1ccncc1. The number of nitrogens with one attached hydrogen (secondary N) is 1. The van der Waals surface area contributed by atoms with Crippen LogP contribution in [0.3, 0.4) is 0 Å². The first kappa shape index (κ1) is 15.0. The number of nitrogens with zero attached hydrogens (tertiary/aromatic N) is 3. The fourth-order valence-corrected chi connectivity index (χ4v) is 2.36. The fraction of sp³-hybridized carbons (Fsp3) is 0.167. The third-order valence-electron chi connectivity index (χ3n) is 3.67. The zero-order chi connectivity index (χ0) is 16.1. The van der Waals surface area contributed by atoms with Crippen molar-refractivity contribution >= 4 is 5.91 Å². The predicted molar refractivity (Wildman–Crippen MR) is 87.9 cm³/mol. The zero-order valence-electron chi connectivity index (χ0n) is 12.9. The molecule has 3 rings (SSSR count). The lowest BCUT2D eigenvalue weighted by atomic mass is 10.1. The molecule has 1 amide bonds. The topological polar surface area (TPSA) is 59.8 Å². The standard InChI is InChI=1S/C18H18N4O/c1-14(16-7-10-19-11-8-16)21-18(23)17-5-3-15(4-6-17)13-22-12-2-9-20-22/h2-12,14H,13H2,1H3,(H,21,23). The second-order valence-electron chi connectivity index (χ2n) is 5.38.